The van der Waals surface area contributed by atoms with E-state index in [1.807, 2.05) is 31.2 Å². The zero-order chi connectivity index (χ0) is 17.8. The maximum Gasteiger partial charge on any atom is 0.229 e. The third kappa shape index (κ3) is 4.31. The van der Waals surface area contributed by atoms with Gasteiger partial charge >= 0.3 is 0 Å². The quantitative estimate of drug-likeness (QED) is 0.717. The lowest BCUT2D eigenvalue weighted by Gasteiger charge is -2.08. The molecule has 5 heteroatoms. The van der Waals surface area contributed by atoms with Crippen molar-refractivity contribution < 1.29 is 4.79 Å². The molecular weight excluding hydrogens is 330 g/mol. The maximum absolute atomic E-state index is 12.4. The summed E-state index contributed by atoms with van der Waals surface area (Å²) in [6, 6.07) is 11.9. The molecule has 1 aromatic carbocycles. The molecule has 1 amide bonds. The molecule has 0 unspecified atom stereocenters. The number of thiazole rings is 1. The largest absolute Gasteiger partial charge is 0.326 e. The SMILES string of the molecule is Cc1nc(-c2cccnc2)sc1CC(=O)Nc1ccc(C(C)C)cc1. The first-order valence-corrected chi connectivity index (χ1v) is 9.11. The van der Waals surface area contributed by atoms with Gasteiger partial charge in [-0.2, -0.15) is 0 Å². The van der Waals surface area contributed by atoms with E-state index in [1.165, 1.54) is 5.56 Å². The summed E-state index contributed by atoms with van der Waals surface area (Å²) in [7, 11) is 0. The molecule has 0 aliphatic rings. The zero-order valence-electron chi connectivity index (χ0n) is 14.6. The maximum atomic E-state index is 12.4. The average molecular weight is 351 g/mol. The zero-order valence-corrected chi connectivity index (χ0v) is 15.4. The smallest absolute Gasteiger partial charge is 0.229 e. The van der Waals surface area contributed by atoms with Crippen molar-refractivity contribution in [3.8, 4) is 10.6 Å². The van der Waals surface area contributed by atoms with Crippen LogP contribution in [0, 0.1) is 6.92 Å². The standard InChI is InChI=1S/C20H21N3OS/c1-13(2)15-6-8-17(9-7-15)23-19(24)11-18-14(3)22-20(25-18)16-5-4-10-21-12-16/h4-10,12-13H,11H2,1-3H3,(H,23,24). The highest BCUT2D eigenvalue weighted by molar-refractivity contribution is 7.15. The monoisotopic (exact) mass is 351 g/mol. The van der Waals surface area contributed by atoms with Crippen LogP contribution in [0.2, 0.25) is 0 Å². The molecule has 3 aromatic rings. The molecule has 2 heterocycles. The van der Waals surface area contributed by atoms with Crippen LogP contribution in [0.5, 0.6) is 0 Å². The molecule has 0 bridgehead atoms. The number of nitrogens with one attached hydrogen (secondary N) is 1. The van der Waals surface area contributed by atoms with E-state index in [1.54, 1.807) is 23.7 Å². The molecule has 0 radical (unpaired) electrons. The van der Waals surface area contributed by atoms with Crippen LogP contribution in [0.1, 0.15) is 35.9 Å². The molecule has 4 nitrogen and oxygen atoms in total. The molecule has 0 aliphatic carbocycles. The van der Waals surface area contributed by atoms with Crippen molar-refractivity contribution in [2.45, 2.75) is 33.1 Å². The fraction of sp³-hybridized carbons (Fsp3) is 0.250. The van der Waals surface area contributed by atoms with Crippen molar-refractivity contribution in [3.63, 3.8) is 0 Å². The van der Waals surface area contributed by atoms with Crippen LogP contribution in [0.25, 0.3) is 10.6 Å². The molecule has 25 heavy (non-hydrogen) atoms. The molecule has 0 saturated heterocycles. The van der Waals surface area contributed by atoms with E-state index < -0.39 is 0 Å². The highest BCUT2D eigenvalue weighted by Crippen LogP contribution is 2.28. The summed E-state index contributed by atoms with van der Waals surface area (Å²) in [6.07, 6.45) is 3.86. The summed E-state index contributed by atoms with van der Waals surface area (Å²) in [4.78, 5) is 22.0. The van der Waals surface area contributed by atoms with Gasteiger partial charge in [0.2, 0.25) is 5.91 Å². The summed E-state index contributed by atoms with van der Waals surface area (Å²) < 4.78 is 0. The predicted octanol–water partition coefficient (Wildman–Crippen LogP) is 4.82. The second kappa shape index (κ2) is 7.57. The van der Waals surface area contributed by atoms with Crippen LogP contribution in [-0.2, 0) is 11.2 Å². The molecule has 128 valence electrons. The summed E-state index contributed by atoms with van der Waals surface area (Å²) in [6.45, 7) is 6.25. The number of carbonyl (C=O) groups excluding carboxylic acids is 1. The van der Waals surface area contributed by atoms with Crippen molar-refractivity contribution in [2.24, 2.45) is 0 Å². The Bertz CT molecular complexity index is 854. The fourth-order valence-electron chi connectivity index (χ4n) is 2.51. The van der Waals surface area contributed by atoms with Gasteiger partial charge in [0.25, 0.3) is 0 Å². The fourth-order valence-corrected chi connectivity index (χ4v) is 3.56. The second-order valence-corrected chi connectivity index (χ2v) is 7.35. The Morgan fingerprint density at radius 2 is 1.96 bits per heavy atom. The van der Waals surface area contributed by atoms with Crippen molar-refractivity contribution in [1.82, 2.24) is 9.97 Å². The van der Waals surface area contributed by atoms with Crippen LogP contribution >= 0.6 is 11.3 Å². The first-order valence-electron chi connectivity index (χ1n) is 8.29. The lowest BCUT2D eigenvalue weighted by molar-refractivity contribution is -0.115. The van der Waals surface area contributed by atoms with Gasteiger partial charge < -0.3 is 5.32 Å². The van der Waals surface area contributed by atoms with Gasteiger partial charge in [-0.3, -0.25) is 9.78 Å². The highest BCUT2D eigenvalue weighted by Gasteiger charge is 2.13. The summed E-state index contributed by atoms with van der Waals surface area (Å²) in [5.74, 6) is 0.456. The highest BCUT2D eigenvalue weighted by atomic mass is 32.1. The number of pyridine rings is 1. The third-order valence-corrected chi connectivity index (χ3v) is 5.19. The van der Waals surface area contributed by atoms with Gasteiger partial charge in [-0.15, -0.1) is 11.3 Å². The Morgan fingerprint density at radius 3 is 2.60 bits per heavy atom. The Morgan fingerprint density at radius 1 is 1.20 bits per heavy atom. The minimum absolute atomic E-state index is 0.0261. The Balaban J connectivity index is 1.68. The third-order valence-electron chi connectivity index (χ3n) is 3.98. The first kappa shape index (κ1) is 17.3. The van der Waals surface area contributed by atoms with Crippen molar-refractivity contribution in [2.75, 3.05) is 5.32 Å². The number of carbonyl (C=O) groups is 1. The molecule has 0 saturated carbocycles. The van der Waals surface area contributed by atoms with E-state index in [2.05, 4.69) is 41.3 Å². The number of hydrogen-bond acceptors (Lipinski definition) is 4. The topological polar surface area (TPSA) is 54.9 Å². The number of benzene rings is 1. The summed E-state index contributed by atoms with van der Waals surface area (Å²) in [5, 5.41) is 3.86. The number of nitrogens with zero attached hydrogens (tertiary/aromatic N) is 2. The van der Waals surface area contributed by atoms with Crippen molar-refractivity contribution in [1.29, 1.82) is 0 Å². The molecule has 0 fully saturated rings. The second-order valence-electron chi connectivity index (χ2n) is 6.27. The molecule has 0 atom stereocenters. The number of aryl methyl sites for hydroxylation is 1. The van der Waals surface area contributed by atoms with E-state index in [4.69, 9.17) is 0 Å². The predicted molar refractivity (Wildman–Crippen MR) is 103 cm³/mol. The first-order chi connectivity index (χ1) is 12.0. The minimum atomic E-state index is -0.0261. The van der Waals surface area contributed by atoms with Crippen LogP contribution in [0.15, 0.2) is 48.8 Å². The van der Waals surface area contributed by atoms with Gasteiger partial charge in [0.1, 0.15) is 5.01 Å². The van der Waals surface area contributed by atoms with E-state index >= 15 is 0 Å². The Kier molecular flexibility index (Phi) is 5.24. The van der Waals surface area contributed by atoms with E-state index in [-0.39, 0.29) is 5.91 Å². The lowest BCUT2D eigenvalue weighted by atomic mass is 10.0. The molecule has 0 spiro atoms. The van der Waals surface area contributed by atoms with Gasteiger partial charge in [-0.25, -0.2) is 4.98 Å². The van der Waals surface area contributed by atoms with Crippen LogP contribution in [-0.4, -0.2) is 15.9 Å². The Labute approximate surface area is 152 Å². The van der Waals surface area contributed by atoms with E-state index in [0.29, 0.717) is 12.3 Å². The average Bonchev–Trinajstić information content (AvgIpc) is 2.97. The molecular formula is C20H21N3OS. The number of anilines is 1. The molecule has 3 rings (SSSR count). The number of hydrogen-bond donors (Lipinski definition) is 1. The normalized spacial score (nSPS) is 10.9. The van der Waals surface area contributed by atoms with Gasteiger partial charge in [0.15, 0.2) is 0 Å². The van der Waals surface area contributed by atoms with Gasteiger partial charge in [0.05, 0.1) is 12.1 Å². The summed E-state index contributed by atoms with van der Waals surface area (Å²) in [5.41, 5.74) is 3.96. The molecule has 1 N–H and O–H groups in total. The van der Waals surface area contributed by atoms with Crippen LogP contribution in [0.4, 0.5) is 5.69 Å². The van der Waals surface area contributed by atoms with Gasteiger partial charge in [-0.05, 0) is 42.7 Å². The van der Waals surface area contributed by atoms with Gasteiger partial charge in [-0.1, -0.05) is 26.0 Å². The van der Waals surface area contributed by atoms with Crippen molar-refractivity contribution >= 4 is 22.9 Å². The number of rotatable bonds is 5. The van der Waals surface area contributed by atoms with Crippen molar-refractivity contribution in [3.05, 3.63) is 64.9 Å². The van der Waals surface area contributed by atoms with E-state index in [0.717, 1.165) is 26.8 Å². The van der Waals surface area contributed by atoms with Crippen LogP contribution in [0.3, 0.4) is 0 Å². The van der Waals surface area contributed by atoms with Crippen LogP contribution < -0.4 is 5.32 Å². The number of amides is 1. The Hall–Kier alpha value is -2.53. The van der Waals surface area contributed by atoms with Gasteiger partial charge in [0, 0.05) is 28.5 Å². The van der Waals surface area contributed by atoms with E-state index in [9.17, 15) is 4.79 Å². The molecule has 0 aliphatic heterocycles. The minimum Gasteiger partial charge on any atom is -0.326 e. The summed E-state index contributed by atoms with van der Waals surface area (Å²) >= 11 is 1.55. The lowest BCUT2D eigenvalue weighted by Crippen LogP contribution is -2.14. The molecule has 2 aromatic heterocycles. The number of aromatic nitrogens is 2.